The van der Waals surface area contributed by atoms with E-state index >= 15 is 0 Å². The number of piperazine rings is 1. The van der Waals surface area contributed by atoms with Crippen LogP contribution in [-0.2, 0) is 15.8 Å². The van der Waals surface area contributed by atoms with Crippen molar-refractivity contribution in [3.8, 4) is 5.75 Å². The van der Waals surface area contributed by atoms with Gasteiger partial charge in [0.15, 0.2) is 6.61 Å². The fourth-order valence-electron chi connectivity index (χ4n) is 6.84. The minimum Gasteiger partial charge on any atom is -0.484 e. The molecular formula is C24H29F3N2O3. The highest BCUT2D eigenvalue weighted by Gasteiger charge is 2.55. The van der Waals surface area contributed by atoms with E-state index in [0.29, 0.717) is 32.1 Å². The first-order chi connectivity index (χ1) is 15.2. The molecule has 2 amide bonds. The van der Waals surface area contributed by atoms with Crippen molar-refractivity contribution in [3.05, 3.63) is 29.8 Å². The van der Waals surface area contributed by atoms with E-state index in [2.05, 4.69) is 0 Å². The number of hydrogen-bond acceptors (Lipinski definition) is 3. The zero-order valence-corrected chi connectivity index (χ0v) is 18.1. The van der Waals surface area contributed by atoms with Crippen LogP contribution < -0.4 is 4.74 Å². The lowest BCUT2D eigenvalue weighted by molar-refractivity contribution is -0.160. The second-order valence-electron chi connectivity index (χ2n) is 10.2. The second-order valence-corrected chi connectivity index (χ2v) is 10.2. The molecule has 174 valence electrons. The van der Waals surface area contributed by atoms with Gasteiger partial charge in [-0.1, -0.05) is 0 Å². The molecule has 0 atom stereocenters. The minimum atomic E-state index is -4.40. The lowest BCUT2D eigenvalue weighted by atomic mass is 9.49. The molecule has 6 rings (SSSR count). The first kappa shape index (κ1) is 21.6. The van der Waals surface area contributed by atoms with Crippen LogP contribution in [0.2, 0.25) is 0 Å². The smallest absolute Gasteiger partial charge is 0.416 e. The van der Waals surface area contributed by atoms with Crippen molar-refractivity contribution in [2.75, 3.05) is 32.8 Å². The van der Waals surface area contributed by atoms with E-state index in [4.69, 9.17) is 4.74 Å². The molecule has 4 bridgehead atoms. The number of carbonyl (C=O) groups excluding carboxylic acids is 2. The number of hydrogen-bond donors (Lipinski definition) is 0. The number of ether oxygens (including phenoxy) is 1. The maximum Gasteiger partial charge on any atom is 0.416 e. The predicted molar refractivity (Wildman–Crippen MR) is 111 cm³/mol. The summed E-state index contributed by atoms with van der Waals surface area (Å²) in [4.78, 5) is 29.6. The van der Waals surface area contributed by atoms with Gasteiger partial charge in [-0.15, -0.1) is 0 Å². The van der Waals surface area contributed by atoms with Crippen LogP contribution in [0.15, 0.2) is 24.3 Å². The van der Waals surface area contributed by atoms with Crippen LogP contribution >= 0.6 is 0 Å². The molecule has 4 saturated carbocycles. The molecule has 1 aromatic carbocycles. The number of halogens is 3. The third-order valence-electron chi connectivity index (χ3n) is 7.96. The van der Waals surface area contributed by atoms with Crippen molar-refractivity contribution in [3.63, 3.8) is 0 Å². The normalized spacial score (nSPS) is 31.7. The summed E-state index contributed by atoms with van der Waals surface area (Å²) >= 11 is 0. The van der Waals surface area contributed by atoms with E-state index in [1.807, 2.05) is 4.90 Å². The van der Waals surface area contributed by atoms with Crippen molar-refractivity contribution in [1.82, 2.24) is 9.80 Å². The Morgan fingerprint density at radius 3 is 1.88 bits per heavy atom. The average Bonchev–Trinajstić information content (AvgIpc) is 2.76. The molecule has 1 saturated heterocycles. The molecule has 5 aliphatic rings. The molecule has 0 N–H and O–H groups in total. The minimum absolute atomic E-state index is 0.160. The van der Waals surface area contributed by atoms with Gasteiger partial charge in [0.2, 0.25) is 5.91 Å². The largest absolute Gasteiger partial charge is 0.484 e. The molecule has 0 unspecified atom stereocenters. The van der Waals surface area contributed by atoms with Gasteiger partial charge in [0.05, 0.1) is 11.0 Å². The Balaban J connectivity index is 1.11. The molecular weight excluding hydrogens is 421 g/mol. The first-order valence-electron chi connectivity index (χ1n) is 11.6. The quantitative estimate of drug-likeness (QED) is 0.698. The van der Waals surface area contributed by atoms with Crippen LogP contribution in [0, 0.1) is 23.2 Å². The van der Waals surface area contributed by atoms with E-state index in [-0.39, 0.29) is 23.7 Å². The molecule has 4 aliphatic carbocycles. The Morgan fingerprint density at radius 2 is 1.38 bits per heavy atom. The maximum absolute atomic E-state index is 13.5. The van der Waals surface area contributed by atoms with Crippen molar-refractivity contribution in [1.29, 1.82) is 0 Å². The number of rotatable bonds is 4. The van der Waals surface area contributed by atoms with Crippen LogP contribution in [0.1, 0.15) is 44.1 Å². The fraction of sp³-hybridized carbons (Fsp3) is 0.667. The molecule has 0 aromatic heterocycles. The van der Waals surface area contributed by atoms with Gasteiger partial charge in [-0.05, 0) is 80.5 Å². The van der Waals surface area contributed by atoms with Gasteiger partial charge in [0.25, 0.3) is 5.91 Å². The van der Waals surface area contributed by atoms with E-state index in [1.54, 1.807) is 4.90 Å². The molecule has 1 heterocycles. The van der Waals surface area contributed by atoms with Gasteiger partial charge < -0.3 is 14.5 Å². The summed E-state index contributed by atoms with van der Waals surface area (Å²) in [5.41, 5.74) is -0.914. The van der Waals surface area contributed by atoms with Crippen LogP contribution in [0.4, 0.5) is 13.2 Å². The summed E-state index contributed by atoms with van der Waals surface area (Å²) in [6.07, 6.45) is 2.62. The third-order valence-corrected chi connectivity index (χ3v) is 7.96. The van der Waals surface area contributed by atoms with E-state index in [1.165, 1.54) is 31.4 Å². The van der Waals surface area contributed by atoms with Gasteiger partial charge in [-0.2, -0.15) is 13.2 Å². The summed E-state index contributed by atoms with van der Waals surface area (Å²) in [7, 11) is 0. The van der Waals surface area contributed by atoms with Gasteiger partial charge >= 0.3 is 6.18 Å². The summed E-state index contributed by atoms with van der Waals surface area (Å²) < 4.78 is 43.3. The summed E-state index contributed by atoms with van der Waals surface area (Å²) in [6.45, 7) is 1.77. The zero-order chi connectivity index (χ0) is 22.5. The Hall–Kier alpha value is -2.25. The van der Waals surface area contributed by atoms with Gasteiger partial charge in [-0.25, -0.2) is 0 Å². The average molecular weight is 451 g/mol. The highest BCUT2D eigenvalue weighted by molar-refractivity contribution is 5.84. The molecule has 32 heavy (non-hydrogen) atoms. The molecule has 0 spiro atoms. The summed E-state index contributed by atoms with van der Waals surface area (Å²) in [5, 5.41) is 0. The summed E-state index contributed by atoms with van der Waals surface area (Å²) in [5.74, 6) is 2.46. The van der Waals surface area contributed by atoms with Gasteiger partial charge in [0.1, 0.15) is 5.75 Å². The SMILES string of the molecule is O=C(COc1ccc(C(F)(F)F)cc1)N1CCN(C(=O)C23CC4CC(CC(C4)C2)C3)CC1. The van der Waals surface area contributed by atoms with Gasteiger partial charge in [-0.3, -0.25) is 9.59 Å². The molecule has 0 radical (unpaired) electrons. The Kier molecular flexibility index (Phi) is 5.37. The van der Waals surface area contributed by atoms with Crippen molar-refractivity contribution < 1.29 is 27.5 Å². The van der Waals surface area contributed by atoms with Crippen LogP contribution in [0.25, 0.3) is 0 Å². The molecule has 5 nitrogen and oxygen atoms in total. The molecule has 5 fully saturated rings. The molecule has 8 heteroatoms. The Morgan fingerprint density at radius 1 is 0.875 bits per heavy atom. The highest BCUT2D eigenvalue weighted by Crippen LogP contribution is 2.60. The van der Waals surface area contributed by atoms with Crippen molar-refractivity contribution in [2.24, 2.45) is 23.2 Å². The van der Waals surface area contributed by atoms with Crippen LogP contribution in [0.5, 0.6) is 5.75 Å². The lowest BCUT2D eigenvalue weighted by Gasteiger charge is -2.57. The number of nitrogens with zero attached hydrogens (tertiary/aromatic N) is 2. The standard InChI is InChI=1S/C24H29F3N2O3/c25-24(26,27)19-1-3-20(4-2-19)32-15-21(30)28-5-7-29(8-6-28)22(31)23-12-16-9-17(13-23)11-18(10-16)14-23/h1-4,16-18H,5-15H2. The number of carbonyl (C=O) groups is 2. The fourth-order valence-corrected chi connectivity index (χ4v) is 6.84. The molecule has 1 aliphatic heterocycles. The first-order valence-corrected chi connectivity index (χ1v) is 11.6. The highest BCUT2D eigenvalue weighted by atomic mass is 19.4. The number of benzene rings is 1. The third kappa shape index (κ3) is 4.08. The Labute approximate surface area is 185 Å². The van der Waals surface area contributed by atoms with Crippen molar-refractivity contribution >= 4 is 11.8 Å². The second kappa shape index (κ2) is 7.96. The van der Waals surface area contributed by atoms with E-state index in [0.717, 1.165) is 49.1 Å². The lowest BCUT2D eigenvalue weighted by Crippen LogP contribution is -2.58. The van der Waals surface area contributed by atoms with E-state index in [9.17, 15) is 22.8 Å². The number of alkyl halides is 3. The summed E-state index contributed by atoms with van der Waals surface area (Å²) in [6, 6.07) is 4.32. The van der Waals surface area contributed by atoms with Crippen LogP contribution in [-0.4, -0.2) is 54.4 Å². The van der Waals surface area contributed by atoms with Gasteiger partial charge in [0, 0.05) is 26.2 Å². The Bertz CT molecular complexity index is 840. The predicted octanol–water partition coefficient (Wildman–Crippen LogP) is 3.97. The van der Waals surface area contributed by atoms with Crippen molar-refractivity contribution in [2.45, 2.75) is 44.7 Å². The monoisotopic (exact) mass is 450 g/mol. The topological polar surface area (TPSA) is 49.9 Å². The number of amides is 2. The maximum atomic E-state index is 13.5. The zero-order valence-electron chi connectivity index (χ0n) is 18.1. The molecule has 1 aromatic rings. The van der Waals surface area contributed by atoms with Crippen LogP contribution in [0.3, 0.4) is 0 Å². The van der Waals surface area contributed by atoms with E-state index < -0.39 is 11.7 Å².